The van der Waals surface area contributed by atoms with Gasteiger partial charge in [-0.05, 0) is 96.5 Å². The molecule has 0 unspecified atom stereocenters. The zero-order valence-electron chi connectivity index (χ0n) is 20.2. The lowest BCUT2D eigenvalue weighted by molar-refractivity contribution is 1.34. The molecule has 5 rings (SSSR count). The van der Waals surface area contributed by atoms with Crippen molar-refractivity contribution in [3.8, 4) is 0 Å². The summed E-state index contributed by atoms with van der Waals surface area (Å²) < 4.78 is 0. The molecule has 5 aromatic carbocycles. The molecule has 32 heavy (non-hydrogen) atoms. The van der Waals surface area contributed by atoms with E-state index < -0.39 is 0 Å². The number of benzene rings is 5. The van der Waals surface area contributed by atoms with Gasteiger partial charge in [-0.25, -0.2) is 0 Å². The van der Waals surface area contributed by atoms with Gasteiger partial charge in [-0.3, -0.25) is 0 Å². The van der Waals surface area contributed by atoms with Gasteiger partial charge < -0.3 is 0 Å². The summed E-state index contributed by atoms with van der Waals surface area (Å²) >= 11 is 0. The van der Waals surface area contributed by atoms with Crippen LogP contribution in [-0.4, -0.2) is 0 Å². The monoisotopic (exact) mass is 418 g/mol. The van der Waals surface area contributed by atoms with E-state index in [9.17, 15) is 0 Å². The van der Waals surface area contributed by atoms with Crippen LogP contribution in [0.2, 0.25) is 0 Å². The fourth-order valence-corrected chi connectivity index (χ4v) is 3.67. The summed E-state index contributed by atoms with van der Waals surface area (Å²) in [6, 6.07) is 34.2. The maximum atomic E-state index is 2.24. The fourth-order valence-electron chi connectivity index (χ4n) is 3.67. The molecular weight excluding hydrogens is 384 g/mol. The SMILES string of the molecule is Cc1cc2ccccc2cc1C.Cc1ccc2ccccc2c1C.Cc1ccccc1C. The van der Waals surface area contributed by atoms with Crippen LogP contribution in [0.1, 0.15) is 33.4 Å². The first-order valence-electron chi connectivity index (χ1n) is 11.3. The summed E-state index contributed by atoms with van der Waals surface area (Å²) in [5.74, 6) is 0. The van der Waals surface area contributed by atoms with Crippen molar-refractivity contribution in [1.82, 2.24) is 0 Å². The highest BCUT2D eigenvalue weighted by molar-refractivity contribution is 5.86. The Kier molecular flexibility index (Phi) is 7.84. The molecular formula is C32H34. The number of rotatable bonds is 0. The molecule has 5 aromatic rings. The lowest BCUT2D eigenvalue weighted by atomic mass is 10.0. The molecule has 0 nitrogen and oxygen atoms in total. The maximum Gasteiger partial charge on any atom is -0.0152 e. The van der Waals surface area contributed by atoms with Crippen molar-refractivity contribution >= 4 is 21.5 Å². The third-order valence-corrected chi connectivity index (χ3v) is 6.26. The molecule has 0 aliphatic rings. The predicted molar refractivity (Wildman–Crippen MR) is 143 cm³/mol. The molecule has 0 heterocycles. The van der Waals surface area contributed by atoms with Crippen LogP contribution in [0.15, 0.2) is 97.1 Å². The van der Waals surface area contributed by atoms with Crippen molar-refractivity contribution in [1.29, 1.82) is 0 Å². The van der Waals surface area contributed by atoms with Crippen LogP contribution >= 0.6 is 0 Å². The van der Waals surface area contributed by atoms with E-state index in [4.69, 9.17) is 0 Å². The maximum absolute atomic E-state index is 2.24. The average molecular weight is 419 g/mol. The van der Waals surface area contributed by atoms with E-state index in [0.717, 1.165) is 0 Å². The largest absolute Gasteiger partial charge is 0.0620 e. The molecule has 0 amide bonds. The Morgan fingerprint density at radius 3 is 1.28 bits per heavy atom. The molecule has 0 N–H and O–H groups in total. The van der Waals surface area contributed by atoms with Crippen LogP contribution in [-0.2, 0) is 0 Å². The van der Waals surface area contributed by atoms with Gasteiger partial charge in [0.1, 0.15) is 0 Å². The smallest absolute Gasteiger partial charge is 0.0152 e. The van der Waals surface area contributed by atoms with Crippen molar-refractivity contribution in [3.63, 3.8) is 0 Å². The molecule has 162 valence electrons. The molecule has 0 atom stereocenters. The predicted octanol–water partition coefficient (Wildman–Crippen LogP) is 9.22. The van der Waals surface area contributed by atoms with Gasteiger partial charge in [-0.15, -0.1) is 0 Å². The lowest BCUT2D eigenvalue weighted by Crippen LogP contribution is -1.82. The Labute approximate surface area is 193 Å². The van der Waals surface area contributed by atoms with Crippen molar-refractivity contribution in [2.75, 3.05) is 0 Å². The van der Waals surface area contributed by atoms with Crippen molar-refractivity contribution < 1.29 is 0 Å². The van der Waals surface area contributed by atoms with Gasteiger partial charge >= 0.3 is 0 Å². The summed E-state index contributed by atoms with van der Waals surface area (Å²) in [5, 5.41) is 5.37. The Morgan fingerprint density at radius 2 is 0.781 bits per heavy atom. The Bertz CT molecular complexity index is 1260. The van der Waals surface area contributed by atoms with E-state index in [1.54, 1.807) is 0 Å². The summed E-state index contributed by atoms with van der Waals surface area (Å²) in [6.07, 6.45) is 0. The van der Waals surface area contributed by atoms with E-state index in [2.05, 4.69) is 139 Å². The molecule has 0 heteroatoms. The molecule has 0 saturated carbocycles. The topological polar surface area (TPSA) is 0 Å². The molecule has 0 radical (unpaired) electrons. The standard InChI is InChI=1S/2C12H12.C8H10/c1-9-7-11-5-3-4-6-12(11)8-10(9)2;1-9-7-8-11-5-3-4-6-12(11)10(9)2;1-7-5-3-4-6-8(7)2/h2*3-8H,1-2H3;3-6H,1-2H3. The second-order valence-electron chi connectivity index (χ2n) is 8.60. The van der Waals surface area contributed by atoms with Gasteiger partial charge in [0.05, 0.1) is 0 Å². The molecule has 0 saturated heterocycles. The van der Waals surface area contributed by atoms with E-state index in [0.29, 0.717) is 0 Å². The molecule has 0 fully saturated rings. The first-order valence-corrected chi connectivity index (χ1v) is 11.3. The summed E-state index contributed by atoms with van der Waals surface area (Å²) in [4.78, 5) is 0. The van der Waals surface area contributed by atoms with Crippen LogP contribution in [0.3, 0.4) is 0 Å². The normalized spacial score (nSPS) is 10.2. The summed E-state index contributed by atoms with van der Waals surface area (Å²) in [6.45, 7) is 12.9. The van der Waals surface area contributed by atoms with Gasteiger partial charge in [-0.1, -0.05) is 97.1 Å². The van der Waals surface area contributed by atoms with Gasteiger partial charge in [0.15, 0.2) is 0 Å². The number of aryl methyl sites for hydroxylation is 6. The molecule has 0 spiro atoms. The number of hydrogen-bond donors (Lipinski definition) is 0. The van der Waals surface area contributed by atoms with Crippen LogP contribution < -0.4 is 0 Å². The first kappa shape index (κ1) is 23.3. The molecule has 0 aliphatic heterocycles. The van der Waals surface area contributed by atoms with E-state index in [1.165, 1.54) is 54.9 Å². The van der Waals surface area contributed by atoms with Crippen LogP contribution in [0.4, 0.5) is 0 Å². The fraction of sp³-hybridized carbons (Fsp3) is 0.188. The van der Waals surface area contributed by atoms with E-state index >= 15 is 0 Å². The Morgan fingerprint density at radius 1 is 0.344 bits per heavy atom. The van der Waals surface area contributed by atoms with Crippen LogP contribution in [0.5, 0.6) is 0 Å². The second-order valence-corrected chi connectivity index (χ2v) is 8.60. The zero-order chi connectivity index (χ0) is 23.1. The minimum atomic E-state index is 1.33. The van der Waals surface area contributed by atoms with Crippen LogP contribution in [0, 0.1) is 41.5 Å². The first-order chi connectivity index (χ1) is 15.4. The van der Waals surface area contributed by atoms with Crippen molar-refractivity contribution in [3.05, 3.63) is 130 Å². The average Bonchev–Trinajstić information content (AvgIpc) is 2.80. The Hall–Kier alpha value is -3.38. The van der Waals surface area contributed by atoms with Crippen LogP contribution in [0.25, 0.3) is 21.5 Å². The highest BCUT2D eigenvalue weighted by Crippen LogP contribution is 2.20. The molecule has 0 aromatic heterocycles. The van der Waals surface area contributed by atoms with Gasteiger partial charge in [0.25, 0.3) is 0 Å². The number of hydrogen-bond acceptors (Lipinski definition) is 0. The third-order valence-electron chi connectivity index (χ3n) is 6.26. The van der Waals surface area contributed by atoms with E-state index in [-0.39, 0.29) is 0 Å². The highest BCUT2D eigenvalue weighted by Gasteiger charge is 1.97. The van der Waals surface area contributed by atoms with Gasteiger partial charge in [0, 0.05) is 0 Å². The minimum absolute atomic E-state index is 1.33. The van der Waals surface area contributed by atoms with Gasteiger partial charge in [-0.2, -0.15) is 0 Å². The second kappa shape index (κ2) is 10.8. The molecule has 0 aliphatic carbocycles. The van der Waals surface area contributed by atoms with E-state index in [1.807, 2.05) is 0 Å². The summed E-state index contributed by atoms with van der Waals surface area (Å²) in [5.41, 5.74) is 8.24. The third kappa shape index (κ3) is 5.86. The lowest BCUT2D eigenvalue weighted by Gasteiger charge is -2.04. The highest BCUT2D eigenvalue weighted by atomic mass is 14.0. The number of fused-ring (bicyclic) bond motifs is 2. The minimum Gasteiger partial charge on any atom is -0.0620 e. The zero-order valence-corrected chi connectivity index (χ0v) is 20.2. The molecule has 0 bridgehead atoms. The Balaban J connectivity index is 0.000000139. The van der Waals surface area contributed by atoms with Gasteiger partial charge in [0.2, 0.25) is 0 Å². The quantitative estimate of drug-likeness (QED) is 0.235. The van der Waals surface area contributed by atoms with Crippen molar-refractivity contribution in [2.24, 2.45) is 0 Å². The van der Waals surface area contributed by atoms with Crippen molar-refractivity contribution in [2.45, 2.75) is 41.5 Å². The summed E-state index contributed by atoms with van der Waals surface area (Å²) in [7, 11) is 0.